The fourth-order valence-corrected chi connectivity index (χ4v) is 2.86. The molecule has 2 aromatic rings. The van der Waals surface area contributed by atoms with E-state index in [4.69, 9.17) is 4.42 Å². The van der Waals surface area contributed by atoms with Crippen molar-refractivity contribution in [1.82, 2.24) is 15.5 Å². The molecule has 0 unspecified atom stereocenters. The van der Waals surface area contributed by atoms with Gasteiger partial charge in [-0.1, -0.05) is 31.9 Å². The van der Waals surface area contributed by atoms with Gasteiger partial charge in [0.15, 0.2) is 0 Å². The van der Waals surface area contributed by atoms with Gasteiger partial charge >= 0.3 is 0 Å². The fourth-order valence-electron chi connectivity index (χ4n) is 1.56. The molecular weight excluding hydrogens is 362 g/mol. The number of hydrogen-bond donors (Lipinski definition) is 1. The Kier molecular flexibility index (Phi) is 4.91. The van der Waals surface area contributed by atoms with E-state index in [1.165, 1.54) is 0 Å². The Bertz CT molecular complexity index is 508. The van der Waals surface area contributed by atoms with Gasteiger partial charge in [0, 0.05) is 20.9 Å². The molecule has 1 N–H and O–H groups in total. The van der Waals surface area contributed by atoms with Crippen LogP contribution in [0.3, 0.4) is 0 Å². The lowest BCUT2D eigenvalue weighted by Gasteiger charge is -1.98. The fraction of sp³-hybridized carbons (Fsp3) is 0.333. The van der Waals surface area contributed by atoms with E-state index in [1.54, 1.807) is 0 Å². The van der Waals surface area contributed by atoms with Crippen molar-refractivity contribution in [2.45, 2.75) is 12.8 Å². The molecular formula is C12H13Br2N3O. The second-order valence-electron chi connectivity index (χ2n) is 3.87. The second kappa shape index (κ2) is 6.45. The van der Waals surface area contributed by atoms with Crippen molar-refractivity contribution in [1.29, 1.82) is 0 Å². The lowest BCUT2D eigenvalue weighted by Crippen LogP contribution is -2.08. The van der Waals surface area contributed by atoms with E-state index >= 15 is 0 Å². The zero-order valence-corrected chi connectivity index (χ0v) is 13.1. The highest BCUT2D eigenvalue weighted by atomic mass is 79.9. The maximum absolute atomic E-state index is 5.63. The van der Waals surface area contributed by atoms with E-state index in [0.717, 1.165) is 33.9 Å². The van der Waals surface area contributed by atoms with Crippen LogP contribution in [-0.4, -0.2) is 23.8 Å². The van der Waals surface area contributed by atoms with E-state index < -0.39 is 0 Å². The summed E-state index contributed by atoms with van der Waals surface area (Å²) in [6.07, 6.45) is 1.78. The van der Waals surface area contributed by atoms with Gasteiger partial charge in [-0.15, -0.1) is 10.2 Å². The van der Waals surface area contributed by atoms with Crippen LogP contribution < -0.4 is 5.32 Å². The van der Waals surface area contributed by atoms with Crippen LogP contribution in [0.25, 0.3) is 11.5 Å². The normalized spacial score (nSPS) is 10.8. The van der Waals surface area contributed by atoms with Crippen LogP contribution in [0.2, 0.25) is 0 Å². The van der Waals surface area contributed by atoms with Crippen molar-refractivity contribution in [3.8, 4) is 11.5 Å². The monoisotopic (exact) mass is 373 g/mol. The number of hydrogen-bond acceptors (Lipinski definition) is 4. The Hall–Kier alpha value is -0.720. The van der Waals surface area contributed by atoms with Crippen molar-refractivity contribution >= 4 is 31.9 Å². The molecule has 0 radical (unpaired) electrons. The molecule has 0 aliphatic heterocycles. The lowest BCUT2D eigenvalue weighted by atomic mass is 10.2. The largest absolute Gasteiger partial charge is 0.421 e. The average Bonchev–Trinajstić information content (AvgIpc) is 2.77. The maximum atomic E-state index is 5.63. The third-order valence-corrected chi connectivity index (χ3v) is 3.31. The van der Waals surface area contributed by atoms with Crippen molar-refractivity contribution in [3.05, 3.63) is 33.0 Å². The molecule has 1 aromatic carbocycles. The highest BCUT2D eigenvalue weighted by Crippen LogP contribution is 2.26. The van der Waals surface area contributed by atoms with Crippen molar-refractivity contribution in [2.75, 3.05) is 13.6 Å². The molecule has 0 spiro atoms. The summed E-state index contributed by atoms with van der Waals surface area (Å²) in [6.45, 7) is 0.945. The topological polar surface area (TPSA) is 51.0 Å². The molecule has 0 amide bonds. The van der Waals surface area contributed by atoms with Gasteiger partial charge in [0.2, 0.25) is 11.8 Å². The highest BCUT2D eigenvalue weighted by molar-refractivity contribution is 9.11. The SMILES string of the molecule is CNCCCc1nnc(-c2cc(Br)cc(Br)c2)o1. The summed E-state index contributed by atoms with van der Waals surface area (Å²) in [5.74, 6) is 1.23. The standard InChI is InChI=1S/C12H13Br2N3O/c1-15-4-2-3-11-16-17-12(18-11)8-5-9(13)7-10(14)6-8/h5-7,15H,2-4H2,1H3. The van der Waals surface area contributed by atoms with Gasteiger partial charge in [-0.3, -0.25) is 0 Å². The lowest BCUT2D eigenvalue weighted by molar-refractivity contribution is 0.495. The highest BCUT2D eigenvalue weighted by Gasteiger charge is 2.09. The summed E-state index contributed by atoms with van der Waals surface area (Å²) in [4.78, 5) is 0. The van der Waals surface area contributed by atoms with Crippen LogP contribution in [0.4, 0.5) is 0 Å². The van der Waals surface area contributed by atoms with Crippen molar-refractivity contribution in [3.63, 3.8) is 0 Å². The molecule has 0 saturated heterocycles. The van der Waals surface area contributed by atoms with Gasteiger partial charge in [0.25, 0.3) is 0 Å². The van der Waals surface area contributed by atoms with Gasteiger partial charge in [-0.05, 0) is 38.2 Å². The minimum atomic E-state index is 0.552. The number of rotatable bonds is 5. The molecule has 0 saturated carbocycles. The summed E-state index contributed by atoms with van der Waals surface area (Å²) < 4.78 is 7.58. The van der Waals surface area contributed by atoms with Gasteiger partial charge in [-0.2, -0.15) is 0 Å². The summed E-state index contributed by atoms with van der Waals surface area (Å²) in [5.41, 5.74) is 0.906. The number of aromatic nitrogens is 2. The first-order chi connectivity index (χ1) is 8.69. The Labute approximate surface area is 122 Å². The minimum absolute atomic E-state index is 0.552. The molecule has 6 heteroatoms. The smallest absolute Gasteiger partial charge is 0.247 e. The summed E-state index contributed by atoms with van der Waals surface area (Å²) in [5, 5.41) is 11.2. The first-order valence-corrected chi connectivity index (χ1v) is 7.21. The van der Waals surface area contributed by atoms with Crippen LogP contribution in [0.1, 0.15) is 12.3 Å². The van der Waals surface area contributed by atoms with E-state index in [-0.39, 0.29) is 0 Å². The number of benzene rings is 1. The van der Waals surface area contributed by atoms with Crippen LogP contribution in [0.15, 0.2) is 31.6 Å². The first-order valence-electron chi connectivity index (χ1n) is 5.62. The molecule has 0 atom stereocenters. The molecule has 0 bridgehead atoms. The van der Waals surface area contributed by atoms with E-state index in [9.17, 15) is 0 Å². The van der Waals surface area contributed by atoms with Crippen molar-refractivity contribution in [2.24, 2.45) is 0 Å². The molecule has 96 valence electrons. The molecule has 0 fully saturated rings. The van der Waals surface area contributed by atoms with Crippen LogP contribution >= 0.6 is 31.9 Å². The van der Waals surface area contributed by atoms with E-state index in [2.05, 4.69) is 47.4 Å². The third-order valence-electron chi connectivity index (χ3n) is 2.39. The predicted octanol–water partition coefficient (Wildman–Crippen LogP) is 3.41. The predicted molar refractivity (Wildman–Crippen MR) is 77.4 cm³/mol. The average molecular weight is 375 g/mol. The van der Waals surface area contributed by atoms with Crippen molar-refractivity contribution < 1.29 is 4.42 Å². The number of halogens is 2. The molecule has 2 rings (SSSR count). The Morgan fingerprint density at radius 1 is 1.17 bits per heavy atom. The Balaban J connectivity index is 2.13. The number of nitrogens with zero attached hydrogens (tertiary/aromatic N) is 2. The molecule has 18 heavy (non-hydrogen) atoms. The van der Waals surface area contributed by atoms with Gasteiger partial charge in [0.05, 0.1) is 0 Å². The number of nitrogens with one attached hydrogen (secondary N) is 1. The second-order valence-corrected chi connectivity index (χ2v) is 5.70. The Morgan fingerprint density at radius 3 is 2.56 bits per heavy atom. The van der Waals surface area contributed by atoms with E-state index in [0.29, 0.717) is 11.8 Å². The molecule has 1 aromatic heterocycles. The molecule has 0 aliphatic carbocycles. The summed E-state index contributed by atoms with van der Waals surface area (Å²) >= 11 is 6.88. The Morgan fingerprint density at radius 2 is 1.89 bits per heavy atom. The van der Waals surface area contributed by atoms with Gasteiger partial charge in [-0.25, -0.2) is 0 Å². The quantitative estimate of drug-likeness (QED) is 0.814. The van der Waals surface area contributed by atoms with Gasteiger partial charge in [0.1, 0.15) is 0 Å². The van der Waals surface area contributed by atoms with Crippen LogP contribution in [-0.2, 0) is 6.42 Å². The summed E-state index contributed by atoms with van der Waals surface area (Å²) in [6, 6.07) is 5.87. The van der Waals surface area contributed by atoms with Gasteiger partial charge < -0.3 is 9.73 Å². The van der Waals surface area contributed by atoms with Crippen LogP contribution in [0, 0.1) is 0 Å². The number of aryl methyl sites for hydroxylation is 1. The van der Waals surface area contributed by atoms with Crippen LogP contribution in [0.5, 0.6) is 0 Å². The third kappa shape index (κ3) is 3.63. The van der Waals surface area contributed by atoms with E-state index in [1.807, 2.05) is 25.2 Å². The first kappa shape index (κ1) is 13.7. The molecule has 1 heterocycles. The zero-order chi connectivity index (χ0) is 13.0. The molecule has 4 nitrogen and oxygen atoms in total. The zero-order valence-electron chi connectivity index (χ0n) is 9.91. The summed E-state index contributed by atoms with van der Waals surface area (Å²) in [7, 11) is 1.93. The minimum Gasteiger partial charge on any atom is -0.421 e. The molecule has 0 aliphatic rings. The maximum Gasteiger partial charge on any atom is 0.247 e.